The van der Waals surface area contributed by atoms with E-state index in [0.29, 0.717) is 13.1 Å². The number of aliphatic hydroxyl groups excluding tert-OH is 1. The van der Waals surface area contributed by atoms with Gasteiger partial charge in [0.25, 0.3) is 0 Å². The molecular weight excluding hydrogens is 448 g/mol. The van der Waals surface area contributed by atoms with E-state index >= 15 is 0 Å². The molecule has 184 valence electrons. The van der Waals surface area contributed by atoms with E-state index in [-0.39, 0.29) is 43.1 Å². The number of hydrogen-bond acceptors (Lipinski definition) is 5. The van der Waals surface area contributed by atoms with Gasteiger partial charge in [0, 0.05) is 31.3 Å². The molecule has 0 radical (unpaired) electrons. The fraction of sp³-hybridized carbons (Fsp3) is 0.444. The molecule has 8 nitrogen and oxygen atoms in total. The van der Waals surface area contributed by atoms with Crippen LogP contribution in [0, 0.1) is 11.8 Å². The number of likely N-dealkylation sites (tertiary alicyclic amines) is 1. The lowest BCUT2D eigenvalue weighted by Crippen LogP contribution is -2.48. The third kappa shape index (κ3) is 4.62. The van der Waals surface area contributed by atoms with Crippen molar-refractivity contribution in [2.75, 3.05) is 19.7 Å². The molecule has 5 rings (SSSR count). The molecule has 2 fully saturated rings. The van der Waals surface area contributed by atoms with Crippen molar-refractivity contribution in [2.45, 2.75) is 43.7 Å². The lowest BCUT2D eigenvalue weighted by atomic mass is 9.98. The fourth-order valence-electron chi connectivity index (χ4n) is 5.94. The highest BCUT2D eigenvalue weighted by atomic mass is 16.5. The Balaban J connectivity index is 1.24. The zero-order chi connectivity index (χ0) is 24.5. The molecule has 0 bridgehead atoms. The molecule has 1 saturated heterocycles. The SMILES string of the molecule is O=C(O)CCC(NC(=O)OCC1c2ccccc2-c2ccccc21)C(=O)N1CC2CCC(O)C2C1. The maximum atomic E-state index is 13.2. The summed E-state index contributed by atoms with van der Waals surface area (Å²) in [6.07, 6.45) is 0.198. The molecule has 0 aromatic heterocycles. The Hall–Kier alpha value is -3.39. The van der Waals surface area contributed by atoms with Crippen LogP contribution < -0.4 is 5.32 Å². The standard InChI is InChI=1S/C27H30N2O6/c30-24-11-9-16-13-29(14-21(16)24)26(33)23(10-12-25(31)32)28-27(34)35-15-22-19-7-3-1-5-17(19)18-6-2-4-8-20(18)22/h1-8,16,21-24,30H,9-15H2,(H,28,34)(H,31,32). The van der Waals surface area contributed by atoms with Crippen molar-refractivity contribution in [3.8, 4) is 11.1 Å². The number of carboxylic acids is 1. The molecule has 1 saturated carbocycles. The van der Waals surface area contributed by atoms with Crippen LogP contribution in [0.2, 0.25) is 0 Å². The Morgan fingerprint density at radius 3 is 2.29 bits per heavy atom. The van der Waals surface area contributed by atoms with Gasteiger partial charge in [-0.1, -0.05) is 48.5 Å². The van der Waals surface area contributed by atoms with Gasteiger partial charge in [0.2, 0.25) is 5.91 Å². The number of carbonyl (C=O) groups excluding carboxylic acids is 2. The van der Waals surface area contributed by atoms with Gasteiger partial charge in [0.05, 0.1) is 6.10 Å². The van der Waals surface area contributed by atoms with Crippen molar-refractivity contribution in [2.24, 2.45) is 11.8 Å². The van der Waals surface area contributed by atoms with Crippen molar-refractivity contribution in [3.63, 3.8) is 0 Å². The summed E-state index contributed by atoms with van der Waals surface area (Å²) in [5, 5.41) is 21.9. The second-order valence-electron chi connectivity index (χ2n) is 9.77. The molecule has 0 spiro atoms. The van der Waals surface area contributed by atoms with Gasteiger partial charge in [-0.15, -0.1) is 0 Å². The number of rotatable bonds is 7. The van der Waals surface area contributed by atoms with E-state index in [9.17, 15) is 19.5 Å². The monoisotopic (exact) mass is 478 g/mol. The first-order valence-electron chi connectivity index (χ1n) is 12.2. The zero-order valence-corrected chi connectivity index (χ0v) is 19.4. The van der Waals surface area contributed by atoms with Gasteiger partial charge in [-0.3, -0.25) is 9.59 Å². The molecule has 2 aromatic rings. The van der Waals surface area contributed by atoms with E-state index in [0.717, 1.165) is 35.1 Å². The summed E-state index contributed by atoms with van der Waals surface area (Å²) < 4.78 is 5.57. The number of ether oxygens (including phenoxy) is 1. The second kappa shape index (κ2) is 9.70. The number of alkyl carbamates (subject to hydrolysis) is 1. The number of nitrogens with one attached hydrogen (secondary N) is 1. The van der Waals surface area contributed by atoms with E-state index in [1.807, 2.05) is 36.4 Å². The number of carboxylic acid groups (broad SMARTS) is 1. The van der Waals surface area contributed by atoms with Crippen LogP contribution in [0.4, 0.5) is 4.79 Å². The average molecular weight is 479 g/mol. The number of carbonyl (C=O) groups is 3. The third-order valence-corrected chi connectivity index (χ3v) is 7.71. The largest absolute Gasteiger partial charge is 0.481 e. The highest BCUT2D eigenvalue weighted by Crippen LogP contribution is 2.44. The number of aliphatic hydroxyl groups is 1. The van der Waals surface area contributed by atoms with E-state index in [1.54, 1.807) is 4.90 Å². The molecule has 4 unspecified atom stereocenters. The van der Waals surface area contributed by atoms with Gasteiger partial charge in [-0.25, -0.2) is 4.79 Å². The molecule has 2 aromatic carbocycles. The number of benzene rings is 2. The summed E-state index contributed by atoms with van der Waals surface area (Å²) in [7, 11) is 0. The van der Waals surface area contributed by atoms with E-state index in [4.69, 9.17) is 9.84 Å². The Labute approximate surface area is 203 Å². The summed E-state index contributed by atoms with van der Waals surface area (Å²) >= 11 is 0. The Morgan fingerprint density at radius 1 is 1.00 bits per heavy atom. The predicted molar refractivity (Wildman–Crippen MR) is 128 cm³/mol. The van der Waals surface area contributed by atoms with Crippen molar-refractivity contribution in [1.82, 2.24) is 10.2 Å². The van der Waals surface area contributed by atoms with Crippen LogP contribution in [0.3, 0.4) is 0 Å². The number of amides is 2. The summed E-state index contributed by atoms with van der Waals surface area (Å²) in [4.78, 5) is 38.8. The minimum absolute atomic E-state index is 0.0211. The molecular formula is C27H30N2O6. The summed E-state index contributed by atoms with van der Waals surface area (Å²) in [5.41, 5.74) is 4.41. The second-order valence-corrected chi connectivity index (χ2v) is 9.77. The Morgan fingerprint density at radius 2 is 1.66 bits per heavy atom. The molecule has 2 amide bonds. The molecule has 1 aliphatic heterocycles. The van der Waals surface area contributed by atoms with Crippen LogP contribution in [0.1, 0.15) is 42.7 Å². The van der Waals surface area contributed by atoms with Crippen LogP contribution in [0.5, 0.6) is 0 Å². The maximum absolute atomic E-state index is 13.2. The topological polar surface area (TPSA) is 116 Å². The Kier molecular flexibility index (Phi) is 6.47. The lowest BCUT2D eigenvalue weighted by Gasteiger charge is -2.25. The van der Waals surface area contributed by atoms with E-state index in [1.165, 1.54) is 0 Å². The normalized spacial score (nSPS) is 23.3. The lowest BCUT2D eigenvalue weighted by molar-refractivity contribution is -0.138. The molecule has 4 atom stereocenters. The molecule has 3 aliphatic rings. The van der Waals surface area contributed by atoms with Crippen molar-refractivity contribution >= 4 is 18.0 Å². The maximum Gasteiger partial charge on any atom is 0.407 e. The first-order chi connectivity index (χ1) is 16.9. The molecule has 1 heterocycles. The number of aliphatic carboxylic acids is 1. The van der Waals surface area contributed by atoms with Crippen molar-refractivity contribution in [1.29, 1.82) is 0 Å². The molecule has 35 heavy (non-hydrogen) atoms. The van der Waals surface area contributed by atoms with Crippen LogP contribution >= 0.6 is 0 Å². The van der Waals surface area contributed by atoms with Gasteiger partial charge in [0.1, 0.15) is 12.6 Å². The van der Waals surface area contributed by atoms with Crippen LogP contribution in [0.15, 0.2) is 48.5 Å². The predicted octanol–water partition coefficient (Wildman–Crippen LogP) is 2.99. The van der Waals surface area contributed by atoms with Crippen molar-refractivity contribution in [3.05, 3.63) is 59.7 Å². The fourth-order valence-corrected chi connectivity index (χ4v) is 5.94. The van der Waals surface area contributed by atoms with E-state index < -0.39 is 24.2 Å². The first kappa shape index (κ1) is 23.4. The summed E-state index contributed by atoms with van der Waals surface area (Å²) in [6, 6.07) is 15.1. The molecule has 8 heteroatoms. The minimum atomic E-state index is -1.04. The summed E-state index contributed by atoms with van der Waals surface area (Å²) in [6.45, 7) is 1.07. The third-order valence-electron chi connectivity index (χ3n) is 7.71. The highest BCUT2D eigenvalue weighted by molar-refractivity contribution is 5.86. The first-order valence-corrected chi connectivity index (χ1v) is 12.2. The number of nitrogens with zero attached hydrogens (tertiary/aromatic N) is 1. The van der Waals surface area contributed by atoms with Gasteiger partial charge in [0.15, 0.2) is 0 Å². The van der Waals surface area contributed by atoms with Gasteiger partial charge in [-0.2, -0.15) is 0 Å². The molecule has 3 N–H and O–H groups in total. The number of fused-ring (bicyclic) bond motifs is 4. The summed E-state index contributed by atoms with van der Waals surface area (Å²) in [5.74, 6) is -1.16. The van der Waals surface area contributed by atoms with Crippen LogP contribution in [-0.4, -0.2) is 64.9 Å². The van der Waals surface area contributed by atoms with Gasteiger partial charge >= 0.3 is 12.1 Å². The van der Waals surface area contributed by atoms with Gasteiger partial charge in [-0.05, 0) is 47.4 Å². The van der Waals surface area contributed by atoms with E-state index in [2.05, 4.69) is 17.4 Å². The van der Waals surface area contributed by atoms with Crippen LogP contribution in [-0.2, 0) is 14.3 Å². The molecule has 2 aliphatic carbocycles. The smallest absolute Gasteiger partial charge is 0.407 e. The zero-order valence-electron chi connectivity index (χ0n) is 19.4. The van der Waals surface area contributed by atoms with Crippen molar-refractivity contribution < 1.29 is 29.3 Å². The Bertz CT molecular complexity index is 1090. The van der Waals surface area contributed by atoms with Gasteiger partial charge < -0.3 is 25.2 Å². The highest BCUT2D eigenvalue weighted by Gasteiger charge is 2.44. The number of hydrogen-bond donors (Lipinski definition) is 3. The quantitative estimate of drug-likeness (QED) is 0.563. The minimum Gasteiger partial charge on any atom is -0.481 e. The van der Waals surface area contributed by atoms with Crippen LogP contribution in [0.25, 0.3) is 11.1 Å². The average Bonchev–Trinajstić information content (AvgIpc) is 3.52.